The smallest absolute Gasteiger partial charge is 0.135 e. The molecule has 0 heterocycles. The van der Waals surface area contributed by atoms with Crippen molar-refractivity contribution in [2.75, 3.05) is 0 Å². The summed E-state index contributed by atoms with van der Waals surface area (Å²) in [7, 11) is 0. The molecule has 2 nitrogen and oxygen atoms in total. The van der Waals surface area contributed by atoms with Gasteiger partial charge in [0.05, 0.1) is 0 Å². The summed E-state index contributed by atoms with van der Waals surface area (Å²) in [6, 6.07) is 0. The Kier molecular flexibility index (Phi) is 3.47. The minimum absolute atomic E-state index is 0. The minimum atomic E-state index is 0. The second-order valence-electron chi connectivity index (χ2n) is 2.61. The molecule has 0 aliphatic heterocycles. The number of Topliss-reactive ketones (excluding diaryl/α,β-unsaturated/α-hetero) is 1. The van der Waals surface area contributed by atoms with Gasteiger partial charge in [0.1, 0.15) is 5.78 Å². The van der Waals surface area contributed by atoms with Crippen LogP contribution in [0.15, 0.2) is 0 Å². The van der Waals surface area contributed by atoms with Crippen LogP contribution in [0.4, 0.5) is 0 Å². The van der Waals surface area contributed by atoms with E-state index in [9.17, 15) is 4.79 Å². The predicted octanol–water partition coefficient (Wildman–Crippen LogP) is 0.941. The third-order valence-electron chi connectivity index (χ3n) is 1.86. The Morgan fingerprint density at radius 2 is 2.11 bits per heavy atom. The van der Waals surface area contributed by atoms with E-state index in [1.165, 1.54) is 6.42 Å². The zero-order valence-corrected chi connectivity index (χ0v) is 5.81. The maximum Gasteiger partial charge on any atom is 0.135 e. The standard InChI is InChI=1S/C7H12O.H2O/c1-6-4-2-3-5-7(6)8;/h6H,2-5H2,1H3;1H2. The summed E-state index contributed by atoms with van der Waals surface area (Å²) in [5.41, 5.74) is 0. The first kappa shape index (κ1) is 8.63. The molecule has 1 aliphatic rings. The van der Waals surface area contributed by atoms with Crippen LogP contribution in [0.25, 0.3) is 0 Å². The van der Waals surface area contributed by atoms with Crippen LogP contribution >= 0.6 is 0 Å². The van der Waals surface area contributed by atoms with E-state index in [2.05, 4.69) is 0 Å². The van der Waals surface area contributed by atoms with Gasteiger partial charge in [-0.1, -0.05) is 13.3 Å². The second kappa shape index (κ2) is 3.62. The largest absolute Gasteiger partial charge is 0.412 e. The molecule has 0 saturated heterocycles. The van der Waals surface area contributed by atoms with Crippen LogP contribution in [0.1, 0.15) is 32.6 Å². The summed E-state index contributed by atoms with van der Waals surface area (Å²) in [6.45, 7) is 2.03. The van der Waals surface area contributed by atoms with Gasteiger partial charge in [-0.05, 0) is 12.8 Å². The normalized spacial score (nSPS) is 27.2. The van der Waals surface area contributed by atoms with Gasteiger partial charge in [0.2, 0.25) is 0 Å². The molecular weight excluding hydrogens is 116 g/mol. The molecule has 0 spiro atoms. The van der Waals surface area contributed by atoms with Crippen LogP contribution in [-0.2, 0) is 4.79 Å². The summed E-state index contributed by atoms with van der Waals surface area (Å²) < 4.78 is 0. The van der Waals surface area contributed by atoms with Crippen LogP contribution in [-0.4, -0.2) is 11.3 Å². The van der Waals surface area contributed by atoms with Crippen molar-refractivity contribution in [3.05, 3.63) is 0 Å². The van der Waals surface area contributed by atoms with E-state index < -0.39 is 0 Å². The molecule has 54 valence electrons. The highest BCUT2D eigenvalue weighted by Gasteiger charge is 2.16. The number of rotatable bonds is 0. The van der Waals surface area contributed by atoms with Gasteiger partial charge >= 0.3 is 0 Å². The summed E-state index contributed by atoms with van der Waals surface area (Å²) in [6.07, 6.45) is 4.34. The second-order valence-corrected chi connectivity index (χ2v) is 2.61. The fourth-order valence-corrected chi connectivity index (χ4v) is 1.16. The first-order valence-corrected chi connectivity index (χ1v) is 3.33. The summed E-state index contributed by atoms with van der Waals surface area (Å²) in [5.74, 6) is 0.833. The van der Waals surface area contributed by atoms with Gasteiger partial charge in [0.25, 0.3) is 0 Å². The molecule has 9 heavy (non-hydrogen) atoms. The van der Waals surface area contributed by atoms with E-state index in [0.717, 1.165) is 19.3 Å². The molecule has 0 aromatic heterocycles. The summed E-state index contributed by atoms with van der Waals surface area (Å²) >= 11 is 0. The van der Waals surface area contributed by atoms with Crippen molar-refractivity contribution in [2.24, 2.45) is 5.92 Å². The number of carbonyl (C=O) groups is 1. The lowest BCUT2D eigenvalue weighted by molar-refractivity contribution is -0.123. The lowest BCUT2D eigenvalue weighted by Crippen LogP contribution is -2.14. The predicted molar refractivity (Wildman–Crippen MR) is 36.3 cm³/mol. The fraction of sp³-hybridized carbons (Fsp3) is 0.857. The van der Waals surface area contributed by atoms with Crippen LogP contribution < -0.4 is 0 Å². The molecule has 2 heteroatoms. The van der Waals surface area contributed by atoms with E-state index in [1.54, 1.807) is 0 Å². The van der Waals surface area contributed by atoms with E-state index in [-0.39, 0.29) is 5.48 Å². The van der Waals surface area contributed by atoms with Crippen molar-refractivity contribution in [3.8, 4) is 0 Å². The molecule has 0 bridgehead atoms. The quantitative estimate of drug-likeness (QED) is 0.481. The van der Waals surface area contributed by atoms with Crippen molar-refractivity contribution >= 4 is 5.78 Å². The molecule has 1 unspecified atom stereocenters. The van der Waals surface area contributed by atoms with E-state index >= 15 is 0 Å². The monoisotopic (exact) mass is 130 g/mol. The zero-order chi connectivity index (χ0) is 5.98. The molecule has 0 radical (unpaired) electrons. The average molecular weight is 130 g/mol. The SMILES string of the molecule is CC1CCCCC1=O.O. The Bertz CT molecular complexity index is 99.1. The van der Waals surface area contributed by atoms with E-state index in [4.69, 9.17) is 0 Å². The van der Waals surface area contributed by atoms with Gasteiger partial charge in [-0.25, -0.2) is 0 Å². The lowest BCUT2D eigenvalue weighted by atomic mass is 9.90. The minimum Gasteiger partial charge on any atom is -0.412 e. The Morgan fingerprint density at radius 1 is 1.44 bits per heavy atom. The zero-order valence-electron chi connectivity index (χ0n) is 5.81. The maximum atomic E-state index is 10.8. The molecule has 1 rings (SSSR count). The van der Waals surface area contributed by atoms with Gasteiger partial charge < -0.3 is 5.48 Å². The summed E-state index contributed by atoms with van der Waals surface area (Å²) in [4.78, 5) is 10.8. The highest BCUT2D eigenvalue weighted by atomic mass is 16.1. The fourth-order valence-electron chi connectivity index (χ4n) is 1.16. The van der Waals surface area contributed by atoms with Crippen molar-refractivity contribution in [1.82, 2.24) is 0 Å². The Labute approximate surface area is 55.6 Å². The molecule has 1 fully saturated rings. The lowest BCUT2D eigenvalue weighted by Gasteiger charge is -2.14. The Morgan fingerprint density at radius 3 is 2.44 bits per heavy atom. The molecule has 1 saturated carbocycles. The topological polar surface area (TPSA) is 48.6 Å². The van der Waals surface area contributed by atoms with Gasteiger partial charge in [0, 0.05) is 12.3 Å². The maximum absolute atomic E-state index is 10.8. The first-order chi connectivity index (χ1) is 3.80. The molecule has 1 aliphatic carbocycles. The average Bonchev–Trinajstić information content (AvgIpc) is 1.77. The molecule has 0 aromatic rings. The Hall–Kier alpha value is -0.370. The first-order valence-electron chi connectivity index (χ1n) is 3.33. The number of carbonyl (C=O) groups excluding carboxylic acids is 1. The van der Waals surface area contributed by atoms with Gasteiger partial charge in [-0.2, -0.15) is 0 Å². The van der Waals surface area contributed by atoms with Gasteiger partial charge in [-0.15, -0.1) is 0 Å². The Balaban J connectivity index is 0.000000640. The molecular formula is C7H14O2. The summed E-state index contributed by atoms with van der Waals surface area (Å²) in [5, 5.41) is 0. The van der Waals surface area contributed by atoms with Crippen molar-refractivity contribution in [2.45, 2.75) is 32.6 Å². The van der Waals surface area contributed by atoms with Gasteiger partial charge in [0.15, 0.2) is 0 Å². The van der Waals surface area contributed by atoms with Gasteiger partial charge in [-0.3, -0.25) is 4.79 Å². The van der Waals surface area contributed by atoms with E-state index in [1.807, 2.05) is 6.92 Å². The molecule has 2 N–H and O–H groups in total. The molecule has 1 atom stereocenters. The van der Waals surface area contributed by atoms with Crippen molar-refractivity contribution in [1.29, 1.82) is 0 Å². The van der Waals surface area contributed by atoms with Crippen molar-refractivity contribution < 1.29 is 10.3 Å². The third kappa shape index (κ3) is 2.14. The number of ketones is 1. The third-order valence-corrected chi connectivity index (χ3v) is 1.86. The number of hydrogen-bond acceptors (Lipinski definition) is 1. The van der Waals surface area contributed by atoms with Crippen LogP contribution in [0.2, 0.25) is 0 Å². The highest BCUT2D eigenvalue weighted by Crippen LogP contribution is 2.18. The number of hydrogen-bond donors (Lipinski definition) is 0. The van der Waals surface area contributed by atoms with Crippen LogP contribution in [0.3, 0.4) is 0 Å². The van der Waals surface area contributed by atoms with Crippen molar-refractivity contribution in [3.63, 3.8) is 0 Å². The highest BCUT2D eigenvalue weighted by molar-refractivity contribution is 5.81. The van der Waals surface area contributed by atoms with E-state index in [0.29, 0.717) is 11.7 Å². The molecule has 0 amide bonds. The van der Waals surface area contributed by atoms with Crippen LogP contribution in [0, 0.1) is 5.92 Å². The molecule has 0 aromatic carbocycles. The van der Waals surface area contributed by atoms with Crippen LogP contribution in [0.5, 0.6) is 0 Å².